The van der Waals surface area contributed by atoms with Gasteiger partial charge in [0.25, 0.3) is 11.5 Å². The van der Waals surface area contributed by atoms with Crippen molar-refractivity contribution in [3.63, 3.8) is 0 Å². The van der Waals surface area contributed by atoms with E-state index < -0.39 is 11.3 Å². The lowest BCUT2D eigenvalue weighted by Gasteiger charge is -2.08. The highest BCUT2D eigenvalue weighted by atomic mass is 16.4. The van der Waals surface area contributed by atoms with E-state index >= 15 is 0 Å². The predicted molar refractivity (Wildman–Crippen MR) is 111 cm³/mol. The van der Waals surface area contributed by atoms with Gasteiger partial charge < -0.3 is 9.73 Å². The number of benzene rings is 3. The SMILES string of the molecule is Cc1ccc(NC(=O)c2ccc(Cc3cccc4oc(=O)[nH]c(=O)c34)cc2)cc1. The number of fused-ring (bicyclic) bond motifs is 1. The lowest BCUT2D eigenvalue weighted by molar-refractivity contribution is 0.102. The van der Waals surface area contributed by atoms with Gasteiger partial charge in [-0.3, -0.25) is 14.6 Å². The Bertz CT molecular complexity index is 1300. The first-order valence-corrected chi connectivity index (χ1v) is 9.11. The number of anilines is 1. The fourth-order valence-corrected chi connectivity index (χ4v) is 3.18. The monoisotopic (exact) mass is 386 g/mol. The number of H-pyrrole nitrogens is 1. The van der Waals surface area contributed by atoms with Gasteiger partial charge in [0.2, 0.25) is 0 Å². The number of hydrogen-bond donors (Lipinski definition) is 2. The van der Waals surface area contributed by atoms with E-state index in [1.54, 1.807) is 24.3 Å². The van der Waals surface area contributed by atoms with E-state index in [0.29, 0.717) is 17.4 Å². The number of hydrogen-bond acceptors (Lipinski definition) is 4. The van der Waals surface area contributed by atoms with E-state index in [2.05, 4.69) is 10.3 Å². The molecule has 4 rings (SSSR count). The Labute approximate surface area is 165 Å². The maximum absolute atomic E-state index is 12.4. The molecule has 0 saturated heterocycles. The van der Waals surface area contributed by atoms with Gasteiger partial charge in [-0.15, -0.1) is 0 Å². The number of aromatic amines is 1. The summed E-state index contributed by atoms with van der Waals surface area (Å²) in [6.07, 6.45) is 0.466. The van der Waals surface area contributed by atoms with Gasteiger partial charge in [0.1, 0.15) is 5.58 Å². The Balaban J connectivity index is 1.55. The van der Waals surface area contributed by atoms with E-state index in [1.165, 1.54) is 0 Å². The number of carbonyl (C=O) groups excluding carboxylic acids is 1. The van der Waals surface area contributed by atoms with Gasteiger partial charge in [0.05, 0.1) is 5.39 Å². The van der Waals surface area contributed by atoms with Crippen LogP contribution in [0, 0.1) is 6.92 Å². The molecule has 0 aliphatic carbocycles. The van der Waals surface area contributed by atoms with Gasteiger partial charge in [0, 0.05) is 11.3 Å². The highest BCUT2D eigenvalue weighted by Crippen LogP contribution is 2.18. The average molecular weight is 386 g/mol. The molecule has 6 nitrogen and oxygen atoms in total. The number of amides is 1. The first-order valence-electron chi connectivity index (χ1n) is 9.11. The van der Waals surface area contributed by atoms with Crippen molar-refractivity contribution in [3.05, 3.63) is 110 Å². The van der Waals surface area contributed by atoms with Gasteiger partial charge >= 0.3 is 5.76 Å². The number of carbonyl (C=O) groups is 1. The summed E-state index contributed by atoms with van der Waals surface area (Å²) in [5, 5.41) is 3.22. The number of aryl methyl sites for hydroxylation is 1. The Morgan fingerprint density at radius 1 is 0.966 bits per heavy atom. The maximum atomic E-state index is 12.4. The van der Waals surface area contributed by atoms with Crippen LogP contribution in [0.5, 0.6) is 0 Å². The van der Waals surface area contributed by atoms with Gasteiger partial charge in [-0.25, -0.2) is 4.79 Å². The molecule has 6 heteroatoms. The van der Waals surface area contributed by atoms with Gasteiger partial charge in [0.15, 0.2) is 0 Å². The molecule has 0 aliphatic rings. The minimum Gasteiger partial charge on any atom is -0.409 e. The van der Waals surface area contributed by atoms with Crippen molar-refractivity contribution in [1.82, 2.24) is 4.98 Å². The quantitative estimate of drug-likeness (QED) is 0.560. The molecule has 0 fully saturated rings. The molecule has 0 bridgehead atoms. The fourth-order valence-electron chi connectivity index (χ4n) is 3.18. The first-order chi connectivity index (χ1) is 14.0. The molecule has 1 amide bonds. The molecule has 1 heterocycles. The standard InChI is InChI=1S/C23H18N2O4/c1-14-5-11-18(12-6-14)24-21(26)16-9-7-15(8-10-16)13-17-3-2-4-19-20(17)22(27)25-23(28)29-19/h2-12H,13H2,1H3,(H,24,26)(H,25,27,28). The second-order valence-corrected chi connectivity index (χ2v) is 6.83. The highest BCUT2D eigenvalue weighted by Gasteiger charge is 2.10. The van der Waals surface area contributed by atoms with Gasteiger partial charge in [-0.2, -0.15) is 0 Å². The largest absolute Gasteiger partial charge is 0.419 e. The van der Waals surface area contributed by atoms with Crippen LogP contribution < -0.4 is 16.6 Å². The second-order valence-electron chi connectivity index (χ2n) is 6.83. The number of rotatable bonds is 4. The Morgan fingerprint density at radius 2 is 1.69 bits per heavy atom. The maximum Gasteiger partial charge on any atom is 0.419 e. The van der Waals surface area contributed by atoms with E-state index in [0.717, 1.165) is 22.4 Å². The molecule has 29 heavy (non-hydrogen) atoms. The molecule has 0 spiro atoms. The van der Waals surface area contributed by atoms with Gasteiger partial charge in [-0.05, 0) is 54.8 Å². The normalized spacial score (nSPS) is 10.8. The molecule has 4 aromatic rings. The minimum atomic E-state index is -0.774. The van der Waals surface area contributed by atoms with Crippen molar-refractivity contribution in [1.29, 1.82) is 0 Å². The zero-order valence-corrected chi connectivity index (χ0v) is 15.7. The minimum absolute atomic E-state index is 0.191. The molecule has 1 aromatic heterocycles. The second kappa shape index (κ2) is 7.59. The van der Waals surface area contributed by atoms with E-state index in [4.69, 9.17) is 4.42 Å². The molecular formula is C23H18N2O4. The molecular weight excluding hydrogens is 368 g/mol. The van der Waals surface area contributed by atoms with Crippen LogP contribution >= 0.6 is 0 Å². The highest BCUT2D eigenvalue weighted by molar-refractivity contribution is 6.04. The topological polar surface area (TPSA) is 92.2 Å². The van der Waals surface area contributed by atoms with Crippen LogP contribution in [0.3, 0.4) is 0 Å². The van der Waals surface area contributed by atoms with E-state index in [9.17, 15) is 14.4 Å². The van der Waals surface area contributed by atoms with Crippen LogP contribution in [-0.2, 0) is 6.42 Å². The third-order valence-corrected chi connectivity index (χ3v) is 4.68. The van der Waals surface area contributed by atoms with Crippen LogP contribution in [-0.4, -0.2) is 10.9 Å². The van der Waals surface area contributed by atoms with Crippen LogP contribution in [0.4, 0.5) is 5.69 Å². The average Bonchev–Trinajstić information content (AvgIpc) is 2.70. The Hall–Kier alpha value is -3.93. The molecule has 0 aliphatic heterocycles. The zero-order valence-electron chi connectivity index (χ0n) is 15.7. The van der Waals surface area contributed by atoms with E-state index in [-0.39, 0.29) is 11.5 Å². The number of aromatic nitrogens is 1. The van der Waals surface area contributed by atoms with E-state index in [1.807, 2.05) is 49.4 Å². The molecule has 0 saturated carbocycles. The molecule has 0 unspecified atom stereocenters. The summed E-state index contributed by atoms with van der Waals surface area (Å²) in [6.45, 7) is 1.99. The third kappa shape index (κ3) is 4.01. The molecule has 3 aromatic carbocycles. The smallest absolute Gasteiger partial charge is 0.409 e. The summed E-state index contributed by atoms with van der Waals surface area (Å²) in [4.78, 5) is 38.1. The van der Waals surface area contributed by atoms with Gasteiger partial charge in [-0.1, -0.05) is 42.0 Å². The Kier molecular flexibility index (Phi) is 4.83. The summed E-state index contributed by atoms with van der Waals surface area (Å²) in [5.41, 5.74) is 3.85. The predicted octanol–water partition coefficient (Wildman–Crippen LogP) is 3.63. The van der Waals surface area contributed by atoms with Crippen molar-refractivity contribution in [2.75, 3.05) is 5.32 Å². The van der Waals surface area contributed by atoms with Crippen LogP contribution in [0.1, 0.15) is 27.0 Å². The van der Waals surface area contributed by atoms with Crippen LogP contribution in [0.2, 0.25) is 0 Å². The van der Waals surface area contributed by atoms with Crippen molar-refractivity contribution in [3.8, 4) is 0 Å². The first kappa shape index (κ1) is 18.4. The molecule has 144 valence electrons. The van der Waals surface area contributed by atoms with Crippen molar-refractivity contribution in [2.45, 2.75) is 13.3 Å². The fraction of sp³-hybridized carbons (Fsp3) is 0.0870. The van der Waals surface area contributed by atoms with Crippen molar-refractivity contribution < 1.29 is 9.21 Å². The molecule has 0 atom stereocenters. The lowest BCUT2D eigenvalue weighted by atomic mass is 10.0. The Morgan fingerprint density at radius 3 is 2.41 bits per heavy atom. The van der Waals surface area contributed by atoms with Crippen LogP contribution in [0.15, 0.2) is 80.7 Å². The molecule has 2 N–H and O–H groups in total. The van der Waals surface area contributed by atoms with Crippen molar-refractivity contribution >= 4 is 22.6 Å². The summed E-state index contributed by atoms with van der Waals surface area (Å²) < 4.78 is 5.07. The van der Waals surface area contributed by atoms with Crippen molar-refractivity contribution in [2.24, 2.45) is 0 Å². The van der Waals surface area contributed by atoms with Crippen LogP contribution in [0.25, 0.3) is 11.0 Å². The summed E-state index contributed by atoms with van der Waals surface area (Å²) >= 11 is 0. The summed E-state index contributed by atoms with van der Waals surface area (Å²) in [7, 11) is 0. The zero-order chi connectivity index (χ0) is 20.4. The third-order valence-electron chi connectivity index (χ3n) is 4.68. The molecule has 0 radical (unpaired) electrons. The number of nitrogens with one attached hydrogen (secondary N) is 2. The summed E-state index contributed by atoms with van der Waals surface area (Å²) in [6, 6.07) is 19.9. The summed E-state index contributed by atoms with van der Waals surface area (Å²) in [5.74, 6) is -0.965. The lowest BCUT2D eigenvalue weighted by Crippen LogP contribution is -2.19.